The fourth-order valence-corrected chi connectivity index (χ4v) is 6.33. The molecule has 0 aliphatic rings. The number of para-hydroxylation sites is 1. The molecule has 3 aromatic rings. The zero-order chi connectivity index (χ0) is 29.6. The smallest absolute Gasteiger partial charge is 0.264 e. The Balaban J connectivity index is 2.10. The van der Waals surface area contributed by atoms with Crippen molar-refractivity contribution in [2.24, 2.45) is 0 Å². The number of sulfonamides is 1. The van der Waals surface area contributed by atoms with Gasteiger partial charge in [0.05, 0.1) is 15.6 Å². The maximum Gasteiger partial charge on any atom is 0.264 e. The third-order valence-corrected chi connectivity index (χ3v) is 8.86. The average molecular weight is 625 g/mol. The minimum absolute atomic E-state index is 0.00251. The van der Waals surface area contributed by atoms with Crippen LogP contribution in [0.3, 0.4) is 0 Å². The molecule has 0 aliphatic carbocycles. The summed E-state index contributed by atoms with van der Waals surface area (Å²) in [4.78, 5) is 28.6. The summed E-state index contributed by atoms with van der Waals surface area (Å²) in [5.41, 5.74) is 1.58. The van der Waals surface area contributed by atoms with Gasteiger partial charge in [-0.25, -0.2) is 8.42 Å². The number of halogens is 3. The molecule has 0 heterocycles. The quantitative estimate of drug-likeness (QED) is 0.265. The normalized spacial score (nSPS) is 12.2. The van der Waals surface area contributed by atoms with Crippen molar-refractivity contribution in [3.8, 4) is 0 Å². The summed E-state index contributed by atoms with van der Waals surface area (Å²) in [5, 5.41) is 3.75. The molecule has 1 N–H and O–H groups in total. The van der Waals surface area contributed by atoms with E-state index in [1.165, 1.54) is 23.1 Å². The molecule has 3 rings (SSSR count). The molecule has 40 heavy (non-hydrogen) atoms. The van der Waals surface area contributed by atoms with Gasteiger partial charge in [-0.1, -0.05) is 77.6 Å². The van der Waals surface area contributed by atoms with Gasteiger partial charge in [0.15, 0.2) is 0 Å². The molecule has 11 heteroatoms. The lowest BCUT2D eigenvalue weighted by Gasteiger charge is -2.34. The molecule has 0 saturated carbocycles. The van der Waals surface area contributed by atoms with Gasteiger partial charge in [-0.2, -0.15) is 0 Å². The molecule has 214 valence electrons. The summed E-state index contributed by atoms with van der Waals surface area (Å²) in [6.07, 6.45) is 0.284. The van der Waals surface area contributed by atoms with Crippen LogP contribution in [0.4, 0.5) is 5.69 Å². The molecule has 0 aromatic heterocycles. The second-order valence-electron chi connectivity index (χ2n) is 9.62. The van der Waals surface area contributed by atoms with E-state index in [0.717, 1.165) is 9.87 Å². The maximum atomic E-state index is 14.1. The summed E-state index contributed by atoms with van der Waals surface area (Å²) < 4.78 is 28.8. The Hall–Kier alpha value is -2.78. The number of nitrogens with zero attached hydrogens (tertiary/aromatic N) is 2. The van der Waals surface area contributed by atoms with Crippen LogP contribution in [0.15, 0.2) is 71.6 Å². The fraction of sp³-hybridized carbons (Fsp3) is 0.310. The van der Waals surface area contributed by atoms with Crippen LogP contribution >= 0.6 is 34.8 Å². The van der Waals surface area contributed by atoms with Gasteiger partial charge < -0.3 is 10.2 Å². The summed E-state index contributed by atoms with van der Waals surface area (Å²) in [5.74, 6) is -0.964. The SMILES string of the molecule is CC[C@@H](C(=O)NC(C)C)N(Cc1ccc(Cl)cc1Cl)C(=O)CN(c1ccccc1Cl)S(=O)(=O)c1ccc(C)cc1. The molecular formula is C29H32Cl3N3O4S. The van der Waals surface area contributed by atoms with Crippen molar-refractivity contribution in [2.75, 3.05) is 10.8 Å². The minimum Gasteiger partial charge on any atom is -0.352 e. The number of anilines is 1. The Kier molecular flexibility index (Phi) is 10.9. The molecule has 0 fully saturated rings. The largest absolute Gasteiger partial charge is 0.352 e. The molecule has 3 aromatic carbocycles. The maximum absolute atomic E-state index is 14.1. The van der Waals surface area contributed by atoms with Gasteiger partial charge in [0.1, 0.15) is 12.6 Å². The molecule has 2 amide bonds. The number of nitrogens with one attached hydrogen (secondary N) is 1. The molecule has 0 spiro atoms. The fourth-order valence-electron chi connectivity index (χ4n) is 4.14. The van der Waals surface area contributed by atoms with E-state index in [2.05, 4.69) is 5.32 Å². The second kappa shape index (κ2) is 13.7. The van der Waals surface area contributed by atoms with Crippen molar-refractivity contribution in [3.63, 3.8) is 0 Å². The van der Waals surface area contributed by atoms with E-state index in [4.69, 9.17) is 34.8 Å². The number of aryl methyl sites for hydroxylation is 1. The van der Waals surface area contributed by atoms with Gasteiger partial charge in [0.25, 0.3) is 10.0 Å². The van der Waals surface area contributed by atoms with Crippen molar-refractivity contribution in [3.05, 3.63) is 92.9 Å². The van der Waals surface area contributed by atoms with Crippen LogP contribution < -0.4 is 9.62 Å². The first-order valence-corrected chi connectivity index (χ1v) is 15.3. The van der Waals surface area contributed by atoms with Crippen LogP contribution in [0, 0.1) is 6.92 Å². The molecule has 1 atom stereocenters. The van der Waals surface area contributed by atoms with Crippen LogP contribution in [-0.4, -0.2) is 43.8 Å². The Bertz CT molecular complexity index is 1460. The first-order chi connectivity index (χ1) is 18.8. The van der Waals surface area contributed by atoms with E-state index in [9.17, 15) is 18.0 Å². The lowest BCUT2D eigenvalue weighted by atomic mass is 10.1. The van der Waals surface area contributed by atoms with Crippen LogP contribution in [-0.2, 0) is 26.2 Å². The number of carbonyl (C=O) groups is 2. The third kappa shape index (κ3) is 7.69. The van der Waals surface area contributed by atoms with Crippen LogP contribution in [0.25, 0.3) is 0 Å². The first kappa shape index (κ1) is 31.7. The number of hydrogen-bond acceptors (Lipinski definition) is 4. The zero-order valence-corrected chi connectivity index (χ0v) is 25.8. The van der Waals surface area contributed by atoms with E-state index >= 15 is 0 Å². The Morgan fingerprint density at radius 3 is 2.15 bits per heavy atom. The van der Waals surface area contributed by atoms with Gasteiger partial charge >= 0.3 is 0 Å². The van der Waals surface area contributed by atoms with E-state index in [1.54, 1.807) is 55.5 Å². The monoisotopic (exact) mass is 623 g/mol. The summed E-state index contributed by atoms with van der Waals surface area (Å²) >= 11 is 18.9. The molecule has 0 aliphatic heterocycles. The second-order valence-corrected chi connectivity index (χ2v) is 12.7. The highest BCUT2D eigenvalue weighted by Gasteiger charge is 2.34. The Morgan fingerprint density at radius 2 is 1.57 bits per heavy atom. The predicted octanol–water partition coefficient (Wildman–Crippen LogP) is 6.48. The highest BCUT2D eigenvalue weighted by molar-refractivity contribution is 7.92. The highest BCUT2D eigenvalue weighted by atomic mass is 35.5. The topological polar surface area (TPSA) is 86.8 Å². The standard InChI is InChI=1S/C29H32Cl3N3O4S/c1-5-26(29(37)33-19(2)3)34(17-21-12-13-22(30)16-25(21)32)28(36)18-35(27-9-7-6-8-24(27)31)40(38,39)23-14-10-20(4)11-15-23/h6-16,19,26H,5,17-18H2,1-4H3,(H,33,37)/t26-/m0/s1. The molecule has 0 bridgehead atoms. The molecule has 0 saturated heterocycles. The molecular weight excluding hydrogens is 593 g/mol. The van der Waals surface area contributed by atoms with E-state index in [1.807, 2.05) is 20.8 Å². The van der Waals surface area contributed by atoms with E-state index in [0.29, 0.717) is 15.6 Å². The van der Waals surface area contributed by atoms with Gasteiger partial charge in [0.2, 0.25) is 11.8 Å². The number of rotatable bonds is 11. The zero-order valence-electron chi connectivity index (χ0n) is 22.7. The number of carbonyl (C=O) groups excluding carboxylic acids is 2. The van der Waals surface area contributed by atoms with E-state index in [-0.39, 0.29) is 40.5 Å². The van der Waals surface area contributed by atoms with Crippen LogP contribution in [0.1, 0.15) is 38.3 Å². The number of benzene rings is 3. The average Bonchev–Trinajstić information content (AvgIpc) is 2.88. The summed E-state index contributed by atoms with van der Waals surface area (Å²) in [6, 6.07) is 16.5. The molecule has 0 unspecified atom stereocenters. The van der Waals surface area contributed by atoms with Gasteiger partial charge in [0, 0.05) is 22.6 Å². The number of amides is 2. The van der Waals surface area contributed by atoms with Crippen molar-refractivity contribution in [2.45, 2.75) is 57.6 Å². The number of hydrogen-bond donors (Lipinski definition) is 1. The van der Waals surface area contributed by atoms with Gasteiger partial charge in [-0.3, -0.25) is 13.9 Å². The third-order valence-electron chi connectivity index (χ3n) is 6.18. The Morgan fingerprint density at radius 1 is 0.925 bits per heavy atom. The van der Waals surface area contributed by atoms with Gasteiger partial charge in [-0.15, -0.1) is 0 Å². The lowest BCUT2D eigenvalue weighted by Crippen LogP contribution is -2.53. The molecule has 7 nitrogen and oxygen atoms in total. The Labute approximate surface area is 251 Å². The first-order valence-electron chi connectivity index (χ1n) is 12.7. The predicted molar refractivity (Wildman–Crippen MR) is 162 cm³/mol. The minimum atomic E-state index is -4.22. The van der Waals surface area contributed by atoms with Crippen molar-refractivity contribution < 1.29 is 18.0 Å². The van der Waals surface area contributed by atoms with Crippen LogP contribution in [0.2, 0.25) is 15.1 Å². The van der Waals surface area contributed by atoms with Crippen molar-refractivity contribution in [1.82, 2.24) is 10.2 Å². The van der Waals surface area contributed by atoms with Crippen molar-refractivity contribution >= 4 is 62.3 Å². The van der Waals surface area contributed by atoms with Crippen LogP contribution in [0.5, 0.6) is 0 Å². The summed E-state index contributed by atoms with van der Waals surface area (Å²) in [7, 11) is -4.22. The van der Waals surface area contributed by atoms with E-state index < -0.39 is 28.5 Å². The highest BCUT2D eigenvalue weighted by Crippen LogP contribution is 2.31. The lowest BCUT2D eigenvalue weighted by molar-refractivity contribution is -0.140. The van der Waals surface area contributed by atoms with Crippen molar-refractivity contribution in [1.29, 1.82) is 0 Å². The van der Waals surface area contributed by atoms with Gasteiger partial charge in [-0.05, 0) is 69.2 Å². The summed E-state index contributed by atoms with van der Waals surface area (Å²) in [6.45, 7) is 6.62. The molecule has 0 radical (unpaired) electrons.